The molecule has 1 aromatic rings. The Hall–Kier alpha value is -1.89. The molecule has 8 atom stereocenters. The van der Waals surface area contributed by atoms with Crippen LogP contribution in [0.2, 0.25) is 0 Å². The van der Waals surface area contributed by atoms with Gasteiger partial charge in [0.15, 0.2) is 6.29 Å². The molecule has 0 spiro atoms. The normalized spacial score (nSPS) is 45.6. The molecule has 2 saturated heterocycles. The molecule has 184 valence electrons. The van der Waals surface area contributed by atoms with Crippen LogP contribution in [0.3, 0.4) is 0 Å². The molecule has 6 heteroatoms. The highest BCUT2D eigenvalue weighted by Crippen LogP contribution is 2.67. The standard InChI is InChI=1S/C28H36O6/c1-26-12-10-23-27(2,16-32-25(33-23)17-5-7-18(30-4)8-6-17)21(26)9-13-28(3)22(26)15-20(34-28)19-11-14-31-24(19)29/h5-8,11,20-23,25H,9-10,12-16H2,1-4H3. The Balaban J connectivity index is 1.23. The van der Waals surface area contributed by atoms with Crippen LogP contribution in [0.15, 0.2) is 35.9 Å². The molecule has 2 aliphatic carbocycles. The number of esters is 1. The topological polar surface area (TPSA) is 63.2 Å². The zero-order chi connectivity index (χ0) is 23.7. The quantitative estimate of drug-likeness (QED) is 0.584. The average Bonchev–Trinajstić information content (AvgIpc) is 3.42. The number of hydrogen-bond acceptors (Lipinski definition) is 6. The zero-order valence-corrected chi connectivity index (χ0v) is 20.7. The minimum absolute atomic E-state index is 0.0407. The van der Waals surface area contributed by atoms with Crippen molar-refractivity contribution < 1.29 is 28.5 Å². The van der Waals surface area contributed by atoms with E-state index < -0.39 is 0 Å². The van der Waals surface area contributed by atoms with Crippen molar-refractivity contribution in [2.45, 2.75) is 77.0 Å². The van der Waals surface area contributed by atoms with Crippen LogP contribution in [0.5, 0.6) is 5.75 Å². The van der Waals surface area contributed by atoms with Crippen molar-refractivity contribution in [3.63, 3.8) is 0 Å². The lowest BCUT2D eigenvalue weighted by Gasteiger charge is -2.64. The van der Waals surface area contributed by atoms with Crippen LogP contribution in [0.25, 0.3) is 0 Å². The Morgan fingerprint density at radius 3 is 2.50 bits per heavy atom. The second-order valence-corrected chi connectivity index (χ2v) is 11.6. The first kappa shape index (κ1) is 22.6. The summed E-state index contributed by atoms with van der Waals surface area (Å²) in [4.78, 5) is 12.2. The monoisotopic (exact) mass is 468 g/mol. The molecular weight excluding hydrogens is 432 g/mol. The molecule has 4 fully saturated rings. The molecule has 34 heavy (non-hydrogen) atoms. The van der Waals surface area contributed by atoms with Crippen molar-refractivity contribution in [3.8, 4) is 5.75 Å². The molecule has 3 heterocycles. The lowest BCUT2D eigenvalue weighted by molar-refractivity contribution is -0.314. The second kappa shape index (κ2) is 7.81. The number of methoxy groups -OCH3 is 1. The molecule has 0 bridgehead atoms. The van der Waals surface area contributed by atoms with Crippen LogP contribution in [-0.4, -0.2) is 44.1 Å². The molecule has 1 aromatic carbocycles. The first-order chi connectivity index (χ1) is 16.3. The van der Waals surface area contributed by atoms with Crippen LogP contribution in [0, 0.1) is 22.7 Å². The Morgan fingerprint density at radius 2 is 1.79 bits per heavy atom. The summed E-state index contributed by atoms with van der Waals surface area (Å²) in [5, 5.41) is 0. The van der Waals surface area contributed by atoms with Crippen LogP contribution in [0.1, 0.15) is 64.7 Å². The van der Waals surface area contributed by atoms with Crippen molar-refractivity contribution in [2.75, 3.05) is 20.3 Å². The van der Waals surface area contributed by atoms with Gasteiger partial charge in [-0.05, 0) is 74.5 Å². The zero-order valence-electron chi connectivity index (χ0n) is 20.7. The number of fused-ring (bicyclic) bond motifs is 5. The largest absolute Gasteiger partial charge is 0.497 e. The highest BCUT2D eigenvalue weighted by molar-refractivity contribution is 5.91. The van der Waals surface area contributed by atoms with E-state index in [2.05, 4.69) is 20.8 Å². The van der Waals surface area contributed by atoms with E-state index in [0.717, 1.165) is 49.0 Å². The molecule has 6 rings (SSSR count). The molecule has 0 aromatic heterocycles. The van der Waals surface area contributed by atoms with E-state index in [9.17, 15) is 4.79 Å². The first-order valence-electron chi connectivity index (χ1n) is 12.7. The first-order valence-corrected chi connectivity index (χ1v) is 12.7. The van der Waals surface area contributed by atoms with E-state index in [1.165, 1.54) is 0 Å². The number of carbonyl (C=O) groups excluding carboxylic acids is 1. The third-order valence-corrected chi connectivity index (χ3v) is 9.92. The van der Waals surface area contributed by atoms with Crippen molar-refractivity contribution in [3.05, 3.63) is 41.5 Å². The fourth-order valence-corrected chi connectivity index (χ4v) is 8.17. The summed E-state index contributed by atoms with van der Waals surface area (Å²) in [6, 6.07) is 7.98. The summed E-state index contributed by atoms with van der Waals surface area (Å²) in [6.07, 6.45) is 6.70. The summed E-state index contributed by atoms with van der Waals surface area (Å²) in [5.41, 5.74) is 1.64. The number of carbonyl (C=O) groups is 1. The maximum Gasteiger partial charge on any atom is 0.336 e. The number of ether oxygens (including phenoxy) is 5. The van der Waals surface area contributed by atoms with E-state index in [4.69, 9.17) is 23.7 Å². The molecule has 0 radical (unpaired) electrons. The number of rotatable bonds is 3. The Morgan fingerprint density at radius 1 is 1.00 bits per heavy atom. The van der Waals surface area contributed by atoms with E-state index in [-0.39, 0.29) is 40.9 Å². The molecule has 8 unspecified atom stereocenters. The lowest BCUT2D eigenvalue weighted by Crippen LogP contribution is -2.63. The SMILES string of the molecule is COc1ccc(C2OCC3(C)C(CCC4(C)C5CC(C6=CCOC6=O)OC5(C)CCC34)O2)cc1. The molecular formula is C28H36O6. The van der Waals surface area contributed by atoms with Gasteiger partial charge in [-0.1, -0.05) is 26.0 Å². The van der Waals surface area contributed by atoms with E-state index in [1.54, 1.807) is 7.11 Å². The van der Waals surface area contributed by atoms with Crippen LogP contribution in [0.4, 0.5) is 0 Å². The molecule has 5 aliphatic rings. The molecule has 2 saturated carbocycles. The van der Waals surface area contributed by atoms with Gasteiger partial charge < -0.3 is 23.7 Å². The van der Waals surface area contributed by atoms with Crippen molar-refractivity contribution >= 4 is 5.97 Å². The minimum Gasteiger partial charge on any atom is -0.497 e. The highest BCUT2D eigenvalue weighted by Gasteiger charge is 2.66. The third-order valence-electron chi connectivity index (χ3n) is 9.92. The van der Waals surface area contributed by atoms with E-state index in [1.807, 2.05) is 30.3 Å². The molecule has 0 N–H and O–H groups in total. The van der Waals surface area contributed by atoms with Gasteiger partial charge in [0.05, 0.1) is 37.1 Å². The molecule has 3 aliphatic heterocycles. The van der Waals surface area contributed by atoms with Gasteiger partial charge >= 0.3 is 5.97 Å². The maximum absolute atomic E-state index is 12.2. The summed E-state index contributed by atoms with van der Waals surface area (Å²) in [5.74, 6) is 1.51. The smallest absolute Gasteiger partial charge is 0.336 e. The summed E-state index contributed by atoms with van der Waals surface area (Å²) >= 11 is 0. The van der Waals surface area contributed by atoms with E-state index in [0.29, 0.717) is 25.0 Å². The van der Waals surface area contributed by atoms with Gasteiger partial charge in [0.25, 0.3) is 0 Å². The van der Waals surface area contributed by atoms with Gasteiger partial charge in [-0.25, -0.2) is 4.79 Å². The van der Waals surface area contributed by atoms with Crippen LogP contribution < -0.4 is 4.74 Å². The van der Waals surface area contributed by atoms with Crippen molar-refractivity contribution in [1.82, 2.24) is 0 Å². The Labute approximate surface area is 201 Å². The van der Waals surface area contributed by atoms with Crippen molar-refractivity contribution in [2.24, 2.45) is 22.7 Å². The van der Waals surface area contributed by atoms with Gasteiger partial charge in [0.1, 0.15) is 12.4 Å². The maximum atomic E-state index is 12.2. The van der Waals surface area contributed by atoms with Gasteiger partial charge in [-0.15, -0.1) is 0 Å². The highest BCUT2D eigenvalue weighted by atomic mass is 16.7. The summed E-state index contributed by atoms with van der Waals surface area (Å²) in [6.45, 7) is 8.17. The molecule has 0 amide bonds. The molecule has 6 nitrogen and oxygen atoms in total. The van der Waals surface area contributed by atoms with Gasteiger partial charge in [-0.2, -0.15) is 0 Å². The minimum atomic E-state index is -0.332. The van der Waals surface area contributed by atoms with Gasteiger partial charge in [0, 0.05) is 11.0 Å². The van der Waals surface area contributed by atoms with Crippen molar-refractivity contribution in [1.29, 1.82) is 0 Å². The second-order valence-electron chi connectivity index (χ2n) is 11.6. The number of hydrogen-bond donors (Lipinski definition) is 0. The fraction of sp³-hybridized carbons (Fsp3) is 0.679. The average molecular weight is 469 g/mol. The van der Waals surface area contributed by atoms with Crippen LogP contribution in [-0.2, 0) is 23.7 Å². The predicted molar refractivity (Wildman–Crippen MR) is 125 cm³/mol. The number of benzene rings is 1. The number of cyclic esters (lactones) is 1. The summed E-state index contributed by atoms with van der Waals surface area (Å²) in [7, 11) is 1.68. The fourth-order valence-electron chi connectivity index (χ4n) is 8.17. The summed E-state index contributed by atoms with van der Waals surface area (Å²) < 4.78 is 30.2. The Bertz CT molecular complexity index is 1000. The Kier molecular flexibility index (Phi) is 5.18. The van der Waals surface area contributed by atoms with E-state index >= 15 is 0 Å². The lowest BCUT2D eigenvalue weighted by atomic mass is 9.44. The van der Waals surface area contributed by atoms with Crippen LogP contribution >= 0.6 is 0 Å². The third kappa shape index (κ3) is 3.21. The predicted octanol–water partition coefficient (Wildman–Crippen LogP) is 4.97. The van der Waals surface area contributed by atoms with Gasteiger partial charge in [0.2, 0.25) is 0 Å². The van der Waals surface area contributed by atoms with Gasteiger partial charge in [-0.3, -0.25) is 0 Å².